The van der Waals surface area contributed by atoms with Gasteiger partial charge in [0.15, 0.2) is 0 Å². The lowest BCUT2D eigenvalue weighted by Crippen LogP contribution is -2.10. The van der Waals surface area contributed by atoms with E-state index in [4.69, 9.17) is 10.8 Å². The van der Waals surface area contributed by atoms with Gasteiger partial charge in [0, 0.05) is 6.04 Å². The number of carbonyl (C=O) groups is 1. The lowest BCUT2D eigenvalue weighted by molar-refractivity contribution is 0.0693. The van der Waals surface area contributed by atoms with Gasteiger partial charge in [-0.25, -0.2) is 4.79 Å². The van der Waals surface area contributed by atoms with Crippen molar-refractivity contribution in [3.63, 3.8) is 0 Å². The Morgan fingerprint density at radius 1 is 1.50 bits per heavy atom. The number of carboxylic acid groups (broad SMARTS) is 1. The van der Waals surface area contributed by atoms with Crippen LogP contribution in [-0.4, -0.2) is 16.2 Å². The van der Waals surface area contributed by atoms with Crippen LogP contribution in [0, 0.1) is 0 Å². The van der Waals surface area contributed by atoms with Crippen molar-refractivity contribution in [2.75, 3.05) is 0 Å². The Labute approximate surface area is 100 Å². The van der Waals surface area contributed by atoms with Crippen molar-refractivity contribution in [1.29, 1.82) is 0 Å². The van der Waals surface area contributed by atoms with Crippen LogP contribution in [0.15, 0.2) is 18.2 Å². The van der Waals surface area contributed by atoms with Gasteiger partial charge in [-0.05, 0) is 24.1 Å². The second-order valence-corrected chi connectivity index (χ2v) is 3.48. The van der Waals surface area contributed by atoms with Gasteiger partial charge in [-0.3, -0.25) is 0 Å². The third kappa shape index (κ3) is 3.40. The van der Waals surface area contributed by atoms with Crippen LogP contribution in [0.3, 0.4) is 0 Å². The molecule has 16 heavy (non-hydrogen) atoms. The number of carboxylic acids is 1. The van der Waals surface area contributed by atoms with Crippen LogP contribution in [0.2, 0.25) is 0 Å². The van der Waals surface area contributed by atoms with Gasteiger partial charge in [0.2, 0.25) is 0 Å². The zero-order chi connectivity index (χ0) is 11.4. The summed E-state index contributed by atoms with van der Waals surface area (Å²) in [5, 5.41) is 18.1. The first kappa shape index (κ1) is 14.7. The molecule has 0 fully saturated rings. The van der Waals surface area contributed by atoms with Crippen LogP contribution in [0.5, 0.6) is 5.75 Å². The average Bonchev–Trinajstić information content (AvgIpc) is 2.18. The Kier molecular flexibility index (Phi) is 5.85. The average molecular weight is 246 g/mol. The smallest absolute Gasteiger partial charge is 0.339 e. The van der Waals surface area contributed by atoms with Gasteiger partial charge in [0.05, 0.1) is 0 Å². The summed E-state index contributed by atoms with van der Waals surface area (Å²) in [5.41, 5.74) is 6.49. The molecule has 0 amide bonds. The maximum Gasteiger partial charge on any atom is 0.339 e. The maximum absolute atomic E-state index is 10.8. The molecule has 0 aliphatic heterocycles. The molecule has 1 atom stereocenters. The highest BCUT2D eigenvalue weighted by atomic mass is 35.5. The maximum atomic E-state index is 10.8. The molecule has 0 heterocycles. The van der Waals surface area contributed by atoms with E-state index in [1.54, 1.807) is 6.07 Å². The van der Waals surface area contributed by atoms with Crippen LogP contribution in [-0.2, 0) is 0 Å². The monoisotopic (exact) mass is 245 g/mol. The fourth-order valence-corrected chi connectivity index (χ4v) is 1.43. The van der Waals surface area contributed by atoms with E-state index in [0.717, 1.165) is 18.4 Å². The fourth-order valence-electron chi connectivity index (χ4n) is 1.43. The van der Waals surface area contributed by atoms with E-state index in [2.05, 4.69) is 0 Å². The molecule has 90 valence electrons. The molecule has 0 aliphatic rings. The molecule has 0 aromatic heterocycles. The predicted molar refractivity (Wildman–Crippen MR) is 64.2 cm³/mol. The van der Waals surface area contributed by atoms with E-state index in [1.165, 1.54) is 12.1 Å². The standard InChI is InChI=1S/C11H15NO3.ClH/c1-2-3-9(12)7-4-5-10(13)8(6-7)11(14)15;/h4-6,9,13H,2-3,12H2,1H3,(H,14,15);1H/t9-;/m0./s1. The van der Waals surface area contributed by atoms with Crippen LogP contribution in [0.1, 0.15) is 41.7 Å². The summed E-state index contributed by atoms with van der Waals surface area (Å²) in [6.45, 7) is 2.01. The minimum Gasteiger partial charge on any atom is -0.507 e. The summed E-state index contributed by atoms with van der Waals surface area (Å²) in [4.78, 5) is 10.8. The molecule has 4 N–H and O–H groups in total. The molecule has 0 spiro atoms. The van der Waals surface area contributed by atoms with Gasteiger partial charge in [-0.15, -0.1) is 12.4 Å². The highest BCUT2D eigenvalue weighted by Gasteiger charge is 2.12. The molecule has 1 aromatic rings. The van der Waals surface area contributed by atoms with Crippen LogP contribution in [0.25, 0.3) is 0 Å². The van der Waals surface area contributed by atoms with Gasteiger partial charge in [-0.2, -0.15) is 0 Å². The molecule has 4 nitrogen and oxygen atoms in total. The first-order valence-electron chi connectivity index (χ1n) is 4.88. The van der Waals surface area contributed by atoms with Gasteiger partial charge in [-0.1, -0.05) is 19.4 Å². The van der Waals surface area contributed by atoms with E-state index < -0.39 is 5.97 Å². The molecular formula is C11H16ClNO3. The third-order valence-electron chi connectivity index (χ3n) is 2.28. The summed E-state index contributed by atoms with van der Waals surface area (Å²) < 4.78 is 0. The number of aromatic carboxylic acids is 1. The SMILES string of the molecule is CCC[C@H](N)c1ccc(O)c(C(=O)O)c1.Cl. The second-order valence-electron chi connectivity index (χ2n) is 3.48. The van der Waals surface area contributed by atoms with Gasteiger partial charge < -0.3 is 15.9 Å². The van der Waals surface area contributed by atoms with E-state index in [-0.39, 0.29) is 29.8 Å². The topological polar surface area (TPSA) is 83.5 Å². The van der Waals surface area contributed by atoms with Crippen LogP contribution < -0.4 is 5.73 Å². The summed E-state index contributed by atoms with van der Waals surface area (Å²) in [6, 6.07) is 4.28. The molecule has 0 aliphatic carbocycles. The van der Waals surface area contributed by atoms with Gasteiger partial charge in [0.1, 0.15) is 11.3 Å². The molecule has 0 saturated heterocycles. The zero-order valence-corrected chi connectivity index (χ0v) is 9.83. The van der Waals surface area contributed by atoms with Crippen molar-refractivity contribution in [2.24, 2.45) is 5.73 Å². The Morgan fingerprint density at radius 2 is 2.12 bits per heavy atom. The second kappa shape index (κ2) is 6.35. The minimum absolute atomic E-state index is 0. The number of phenols is 1. The largest absolute Gasteiger partial charge is 0.507 e. The van der Waals surface area contributed by atoms with E-state index >= 15 is 0 Å². The molecular weight excluding hydrogens is 230 g/mol. The van der Waals surface area contributed by atoms with Crippen molar-refractivity contribution in [1.82, 2.24) is 0 Å². The van der Waals surface area contributed by atoms with Crippen molar-refractivity contribution in [3.05, 3.63) is 29.3 Å². The summed E-state index contributed by atoms with van der Waals surface area (Å²) in [7, 11) is 0. The van der Waals surface area contributed by atoms with Crippen molar-refractivity contribution in [2.45, 2.75) is 25.8 Å². The van der Waals surface area contributed by atoms with Crippen molar-refractivity contribution >= 4 is 18.4 Å². The van der Waals surface area contributed by atoms with Crippen molar-refractivity contribution < 1.29 is 15.0 Å². The number of benzene rings is 1. The molecule has 5 heteroatoms. The highest BCUT2D eigenvalue weighted by Crippen LogP contribution is 2.23. The zero-order valence-electron chi connectivity index (χ0n) is 9.01. The fraction of sp³-hybridized carbons (Fsp3) is 0.364. The Morgan fingerprint density at radius 3 is 2.62 bits per heavy atom. The van der Waals surface area contributed by atoms with E-state index in [9.17, 15) is 9.90 Å². The summed E-state index contributed by atoms with van der Waals surface area (Å²) >= 11 is 0. The van der Waals surface area contributed by atoms with Gasteiger partial charge >= 0.3 is 5.97 Å². The summed E-state index contributed by atoms with van der Waals surface area (Å²) in [5.74, 6) is -1.37. The van der Waals surface area contributed by atoms with Crippen LogP contribution >= 0.6 is 12.4 Å². The number of rotatable bonds is 4. The molecule has 0 radical (unpaired) electrons. The Balaban J connectivity index is 0.00000225. The first-order chi connectivity index (χ1) is 7.06. The number of nitrogens with two attached hydrogens (primary N) is 1. The Bertz CT molecular complexity index is 368. The lowest BCUT2D eigenvalue weighted by atomic mass is 10.0. The Hall–Kier alpha value is -1.26. The van der Waals surface area contributed by atoms with Gasteiger partial charge in [0.25, 0.3) is 0 Å². The molecule has 1 aromatic carbocycles. The van der Waals surface area contributed by atoms with Crippen LogP contribution in [0.4, 0.5) is 0 Å². The highest BCUT2D eigenvalue weighted by molar-refractivity contribution is 5.90. The molecule has 1 rings (SSSR count). The van der Waals surface area contributed by atoms with Crippen molar-refractivity contribution in [3.8, 4) is 5.75 Å². The number of aromatic hydroxyl groups is 1. The number of halogens is 1. The minimum atomic E-state index is -1.14. The predicted octanol–water partition coefficient (Wildman–Crippen LogP) is 2.31. The quantitative estimate of drug-likeness (QED) is 0.760. The first-order valence-corrected chi connectivity index (χ1v) is 4.88. The third-order valence-corrected chi connectivity index (χ3v) is 2.28. The lowest BCUT2D eigenvalue weighted by Gasteiger charge is -2.11. The molecule has 0 bridgehead atoms. The van der Waals surface area contributed by atoms with E-state index in [1.807, 2.05) is 6.92 Å². The van der Waals surface area contributed by atoms with E-state index in [0.29, 0.717) is 0 Å². The molecule has 0 saturated carbocycles. The normalized spacial score (nSPS) is 11.6. The number of hydrogen-bond donors (Lipinski definition) is 3. The molecule has 0 unspecified atom stereocenters. The summed E-state index contributed by atoms with van der Waals surface area (Å²) in [6.07, 6.45) is 1.73. The number of hydrogen-bond acceptors (Lipinski definition) is 3.